The van der Waals surface area contributed by atoms with Crippen molar-refractivity contribution in [3.63, 3.8) is 0 Å². The maximum Gasteiger partial charge on any atom is 0.308 e. The summed E-state index contributed by atoms with van der Waals surface area (Å²) in [6, 6.07) is 0. The number of unbranched alkanes of at least 4 members (excludes halogenated alkanes) is 9. The first kappa shape index (κ1) is 19.4. The van der Waals surface area contributed by atoms with Gasteiger partial charge in [0.25, 0.3) is 0 Å². The number of carbonyl (C=O) groups is 1. The molecule has 0 bridgehead atoms. The summed E-state index contributed by atoms with van der Waals surface area (Å²) < 4.78 is 4.81. The van der Waals surface area contributed by atoms with Crippen LogP contribution in [0.2, 0.25) is 0 Å². The van der Waals surface area contributed by atoms with Crippen LogP contribution in [0.25, 0.3) is 0 Å². The molecule has 0 aliphatic heterocycles. The van der Waals surface area contributed by atoms with Crippen LogP contribution in [-0.4, -0.2) is 23.8 Å². The first-order valence-corrected chi connectivity index (χ1v) is 8.54. The Bertz CT molecular complexity index is 216. The Kier molecular flexibility index (Phi) is 14.4. The highest BCUT2D eigenvalue weighted by atomic mass is 16.5. The largest absolute Gasteiger partial charge is 0.466 e. The minimum Gasteiger partial charge on any atom is -0.466 e. The molecule has 0 aliphatic carbocycles. The van der Waals surface area contributed by atoms with E-state index < -0.39 is 6.10 Å². The van der Waals surface area contributed by atoms with Gasteiger partial charge in [-0.2, -0.15) is 0 Å². The van der Waals surface area contributed by atoms with E-state index >= 15 is 0 Å². The SMILES string of the molecule is CCCCCCCCCCCCC(O)CC(=O)OCC. The molecule has 20 heavy (non-hydrogen) atoms. The van der Waals surface area contributed by atoms with E-state index in [-0.39, 0.29) is 12.4 Å². The van der Waals surface area contributed by atoms with Gasteiger partial charge in [0.1, 0.15) is 0 Å². The molecule has 0 amide bonds. The number of esters is 1. The molecule has 1 atom stereocenters. The van der Waals surface area contributed by atoms with Gasteiger partial charge < -0.3 is 9.84 Å². The van der Waals surface area contributed by atoms with Crippen LogP contribution in [0.4, 0.5) is 0 Å². The zero-order valence-corrected chi connectivity index (χ0v) is 13.5. The number of ether oxygens (including phenoxy) is 1. The van der Waals surface area contributed by atoms with Crippen molar-refractivity contribution in [1.82, 2.24) is 0 Å². The maximum atomic E-state index is 11.2. The Balaban J connectivity index is 3.21. The van der Waals surface area contributed by atoms with Crippen LogP contribution in [0.3, 0.4) is 0 Å². The molecule has 3 heteroatoms. The van der Waals surface area contributed by atoms with Crippen molar-refractivity contribution >= 4 is 5.97 Å². The maximum absolute atomic E-state index is 11.2. The first-order chi connectivity index (χ1) is 9.70. The second kappa shape index (κ2) is 14.8. The predicted octanol–water partition coefficient (Wildman–Crippen LogP) is 4.61. The lowest BCUT2D eigenvalue weighted by Crippen LogP contribution is -2.15. The van der Waals surface area contributed by atoms with Crippen molar-refractivity contribution in [2.75, 3.05) is 6.61 Å². The summed E-state index contributed by atoms with van der Waals surface area (Å²) in [6.07, 6.45) is 13.2. The summed E-state index contributed by atoms with van der Waals surface area (Å²) in [5.74, 6) is -0.285. The van der Waals surface area contributed by atoms with Crippen molar-refractivity contribution in [1.29, 1.82) is 0 Å². The van der Waals surface area contributed by atoms with E-state index in [1.165, 1.54) is 51.4 Å². The molecule has 1 unspecified atom stereocenters. The Morgan fingerprint density at radius 3 is 1.90 bits per heavy atom. The Morgan fingerprint density at radius 2 is 1.40 bits per heavy atom. The normalized spacial score (nSPS) is 12.3. The van der Waals surface area contributed by atoms with E-state index in [2.05, 4.69) is 6.92 Å². The van der Waals surface area contributed by atoms with Crippen molar-refractivity contribution in [2.24, 2.45) is 0 Å². The van der Waals surface area contributed by atoms with E-state index in [9.17, 15) is 9.90 Å². The lowest BCUT2D eigenvalue weighted by atomic mass is 10.0. The molecular formula is C17H34O3. The molecule has 0 aliphatic rings. The van der Waals surface area contributed by atoms with E-state index in [0.29, 0.717) is 6.61 Å². The molecule has 120 valence electrons. The van der Waals surface area contributed by atoms with Crippen LogP contribution in [-0.2, 0) is 9.53 Å². The fourth-order valence-corrected chi connectivity index (χ4v) is 2.38. The Labute approximate surface area is 125 Å². The Morgan fingerprint density at radius 1 is 0.900 bits per heavy atom. The molecule has 0 aromatic carbocycles. The van der Waals surface area contributed by atoms with Gasteiger partial charge in [-0.25, -0.2) is 0 Å². The topological polar surface area (TPSA) is 46.5 Å². The van der Waals surface area contributed by atoms with Crippen molar-refractivity contribution in [3.8, 4) is 0 Å². The molecule has 1 N–H and O–H groups in total. The second-order valence-corrected chi connectivity index (χ2v) is 5.63. The summed E-state index contributed by atoms with van der Waals surface area (Å²) in [5, 5.41) is 9.67. The third-order valence-corrected chi connectivity index (χ3v) is 3.60. The average Bonchev–Trinajstić information content (AvgIpc) is 2.41. The summed E-state index contributed by atoms with van der Waals surface area (Å²) in [6.45, 7) is 4.42. The predicted molar refractivity (Wildman–Crippen MR) is 83.7 cm³/mol. The lowest BCUT2D eigenvalue weighted by Gasteiger charge is -2.09. The van der Waals surface area contributed by atoms with Gasteiger partial charge in [-0.1, -0.05) is 71.1 Å². The smallest absolute Gasteiger partial charge is 0.308 e. The number of hydrogen-bond donors (Lipinski definition) is 1. The van der Waals surface area contributed by atoms with Crippen LogP contribution < -0.4 is 0 Å². The van der Waals surface area contributed by atoms with Gasteiger partial charge in [0.2, 0.25) is 0 Å². The zero-order chi connectivity index (χ0) is 15.1. The first-order valence-electron chi connectivity index (χ1n) is 8.54. The Hall–Kier alpha value is -0.570. The summed E-state index contributed by atoms with van der Waals surface area (Å²) in [5.41, 5.74) is 0. The van der Waals surface area contributed by atoms with E-state index in [0.717, 1.165) is 19.3 Å². The molecular weight excluding hydrogens is 252 g/mol. The fourth-order valence-electron chi connectivity index (χ4n) is 2.38. The number of aliphatic hydroxyl groups excluding tert-OH is 1. The van der Waals surface area contributed by atoms with Crippen LogP contribution >= 0.6 is 0 Å². The summed E-state index contributed by atoms with van der Waals surface area (Å²) >= 11 is 0. The molecule has 0 spiro atoms. The number of hydrogen-bond acceptors (Lipinski definition) is 3. The van der Waals surface area contributed by atoms with Crippen LogP contribution in [0.1, 0.15) is 90.9 Å². The standard InChI is InChI=1S/C17H34O3/c1-3-5-6-7-8-9-10-11-12-13-14-16(18)15-17(19)20-4-2/h16,18H,3-15H2,1-2H3. The minimum absolute atomic E-state index is 0.144. The molecule has 0 heterocycles. The van der Waals surface area contributed by atoms with Gasteiger partial charge in [0, 0.05) is 0 Å². The molecule has 3 nitrogen and oxygen atoms in total. The highest BCUT2D eigenvalue weighted by Crippen LogP contribution is 2.12. The highest BCUT2D eigenvalue weighted by molar-refractivity contribution is 5.69. The molecule has 0 saturated carbocycles. The number of carbonyl (C=O) groups excluding carboxylic acids is 1. The summed E-state index contributed by atoms with van der Waals surface area (Å²) in [4.78, 5) is 11.2. The number of aliphatic hydroxyl groups is 1. The van der Waals surface area contributed by atoms with Gasteiger partial charge in [-0.15, -0.1) is 0 Å². The highest BCUT2D eigenvalue weighted by Gasteiger charge is 2.10. The van der Waals surface area contributed by atoms with Crippen LogP contribution in [0, 0.1) is 0 Å². The van der Waals surface area contributed by atoms with Crippen LogP contribution in [0.5, 0.6) is 0 Å². The monoisotopic (exact) mass is 286 g/mol. The lowest BCUT2D eigenvalue weighted by molar-refractivity contribution is -0.145. The zero-order valence-electron chi connectivity index (χ0n) is 13.5. The minimum atomic E-state index is -0.525. The van der Waals surface area contributed by atoms with Gasteiger partial charge in [-0.05, 0) is 13.3 Å². The van der Waals surface area contributed by atoms with E-state index in [1.54, 1.807) is 6.92 Å². The van der Waals surface area contributed by atoms with Gasteiger partial charge in [-0.3, -0.25) is 4.79 Å². The van der Waals surface area contributed by atoms with Gasteiger partial charge in [0.05, 0.1) is 19.1 Å². The third kappa shape index (κ3) is 13.9. The van der Waals surface area contributed by atoms with Crippen molar-refractivity contribution in [2.45, 2.75) is 97.0 Å². The van der Waals surface area contributed by atoms with Crippen molar-refractivity contribution < 1.29 is 14.6 Å². The average molecular weight is 286 g/mol. The molecule has 0 aromatic heterocycles. The van der Waals surface area contributed by atoms with E-state index in [1.807, 2.05) is 0 Å². The second-order valence-electron chi connectivity index (χ2n) is 5.63. The van der Waals surface area contributed by atoms with Gasteiger partial charge in [0.15, 0.2) is 0 Å². The summed E-state index contributed by atoms with van der Waals surface area (Å²) in [7, 11) is 0. The molecule has 0 aromatic rings. The molecule has 0 saturated heterocycles. The third-order valence-electron chi connectivity index (χ3n) is 3.60. The number of rotatable bonds is 14. The van der Waals surface area contributed by atoms with Gasteiger partial charge >= 0.3 is 5.97 Å². The quantitative estimate of drug-likeness (QED) is 0.374. The van der Waals surface area contributed by atoms with E-state index in [4.69, 9.17) is 4.74 Å². The fraction of sp³-hybridized carbons (Fsp3) is 0.941. The molecule has 0 radical (unpaired) electrons. The molecule has 0 fully saturated rings. The van der Waals surface area contributed by atoms with Crippen LogP contribution in [0.15, 0.2) is 0 Å². The molecule has 0 rings (SSSR count). The van der Waals surface area contributed by atoms with Crippen molar-refractivity contribution in [3.05, 3.63) is 0 Å².